The van der Waals surface area contributed by atoms with Crippen LogP contribution < -0.4 is 10.1 Å². The number of piperidine rings is 1. The number of benzene rings is 1. The average molecular weight is 348 g/mol. The molecule has 1 aromatic carbocycles. The number of nitrogens with zero attached hydrogens (tertiary/aromatic N) is 1. The number of aliphatic hydroxyl groups excluding tert-OH is 1. The average Bonchev–Trinajstić information content (AvgIpc) is 2.58. The SMILES string of the molecule is CC(O)CNC(=O)c1cccc(OCC(=O)N2C(C)CCCC2C)c1. The summed E-state index contributed by atoms with van der Waals surface area (Å²) in [4.78, 5) is 26.4. The van der Waals surface area contributed by atoms with Crippen molar-refractivity contribution in [3.05, 3.63) is 29.8 Å². The van der Waals surface area contributed by atoms with Crippen molar-refractivity contribution in [2.75, 3.05) is 13.2 Å². The molecule has 6 nitrogen and oxygen atoms in total. The highest BCUT2D eigenvalue weighted by atomic mass is 16.5. The van der Waals surface area contributed by atoms with Crippen LogP contribution in [0.1, 0.15) is 50.4 Å². The summed E-state index contributed by atoms with van der Waals surface area (Å²) in [5, 5.41) is 11.9. The number of nitrogens with one attached hydrogen (secondary N) is 1. The maximum absolute atomic E-state index is 12.5. The summed E-state index contributed by atoms with van der Waals surface area (Å²) in [6, 6.07) is 7.18. The second-order valence-corrected chi connectivity index (χ2v) is 6.81. The van der Waals surface area contributed by atoms with Crippen molar-refractivity contribution >= 4 is 11.8 Å². The van der Waals surface area contributed by atoms with Gasteiger partial charge in [0, 0.05) is 24.2 Å². The van der Waals surface area contributed by atoms with Crippen LogP contribution in [0.4, 0.5) is 0 Å². The summed E-state index contributed by atoms with van der Waals surface area (Å²) in [7, 11) is 0. The van der Waals surface area contributed by atoms with Crippen LogP contribution in [-0.4, -0.2) is 53.2 Å². The lowest BCUT2D eigenvalue weighted by molar-refractivity contribution is -0.139. The molecule has 0 spiro atoms. The van der Waals surface area contributed by atoms with Crippen LogP contribution in [0.3, 0.4) is 0 Å². The van der Waals surface area contributed by atoms with Crippen LogP contribution >= 0.6 is 0 Å². The lowest BCUT2D eigenvalue weighted by atomic mass is 9.97. The topological polar surface area (TPSA) is 78.9 Å². The number of aliphatic hydroxyl groups is 1. The molecule has 2 N–H and O–H groups in total. The van der Waals surface area contributed by atoms with Crippen molar-refractivity contribution in [3.8, 4) is 5.75 Å². The number of ether oxygens (including phenoxy) is 1. The third-order valence-electron chi connectivity index (χ3n) is 4.50. The first-order valence-corrected chi connectivity index (χ1v) is 8.88. The molecule has 0 saturated carbocycles. The highest BCUT2D eigenvalue weighted by Crippen LogP contribution is 2.23. The lowest BCUT2D eigenvalue weighted by Gasteiger charge is -2.38. The number of hydrogen-bond acceptors (Lipinski definition) is 4. The molecule has 1 saturated heterocycles. The van der Waals surface area contributed by atoms with E-state index in [0.717, 1.165) is 19.3 Å². The first-order chi connectivity index (χ1) is 11.9. The Morgan fingerprint density at radius 3 is 2.64 bits per heavy atom. The van der Waals surface area contributed by atoms with E-state index in [2.05, 4.69) is 19.2 Å². The second kappa shape index (κ2) is 8.85. The molecule has 0 radical (unpaired) electrons. The quantitative estimate of drug-likeness (QED) is 0.824. The van der Waals surface area contributed by atoms with Crippen LogP contribution in [-0.2, 0) is 4.79 Å². The van der Waals surface area contributed by atoms with Gasteiger partial charge in [0.15, 0.2) is 6.61 Å². The summed E-state index contributed by atoms with van der Waals surface area (Å²) in [6.45, 7) is 5.90. The molecule has 2 amide bonds. The van der Waals surface area contributed by atoms with E-state index in [1.54, 1.807) is 31.2 Å². The number of amides is 2. The van der Waals surface area contributed by atoms with Gasteiger partial charge >= 0.3 is 0 Å². The Morgan fingerprint density at radius 1 is 1.32 bits per heavy atom. The predicted octanol–water partition coefficient (Wildman–Crippen LogP) is 1.97. The van der Waals surface area contributed by atoms with Crippen molar-refractivity contribution in [2.24, 2.45) is 0 Å². The number of rotatable bonds is 6. The zero-order chi connectivity index (χ0) is 18.4. The summed E-state index contributed by atoms with van der Waals surface area (Å²) in [5.74, 6) is 0.176. The van der Waals surface area contributed by atoms with Crippen LogP contribution in [0.15, 0.2) is 24.3 Å². The van der Waals surface area contributed by atoms with Crippen LogP contribution in [0.5, 0.6) is 5.75 Å². The summed E-state index contributed by atoms with van der Waals surface area (Å²) in [6.07, 6.45) is 2.59. The maximum Gasteiger partial charge on any atom is 0.260 e. The Kier molecular flexibility index (Phi) is 6.82. The molecule has 3 atom stereocenters. The minimum absolute atomic E-state index is 0.0244. The van der Waals surface area contributed by atoms with Gasteiger partial charge < -0.3 is 20.1 Å². The van der Waals surface area contributed by atoms with Gasteiger partial charge in [0.05, 0.1) is 6.10 Å². The third-order valence-corrected chi connectivity index (χ3v) is 4.50. The number of hydrogen-bond donors (Lipinski definition) is 2. The molecule has 138 valence electrons. The molecule has 0 bridgehead atoms. The molecular weight excluding hydrogens is 320 g/mol. The van der Waals surface area contributed by atoms with Gasteiger partial charge in [-0.2, -0.15) is 0 Å². The van der Waals surface area contributed by atoms with E-state index < -0.39 is 6.10 Å². The van der Waals surface area contributed by atoms with Crippen molar-refractivity contribution < 1.29 is 19.4 Å². The fourth-order valence-corrected chi connectivity index (χ4v) is 3.20. The zero-order valence-corrected chi connectivity index (χ0v) is 15.2. The number of carbonyl (C=O) groups excluding carboxylic acids is 2. The Hall–Kier alpha value is -2.08. The first-order valence-electron chi connectivity index (χ1n) is 8.88. The fraction of sp³-hybridized carbons (Fsp3) is 0.579. The van der Waals surface area contributed by atoms with E-state index in [-0.39, 0.29) is 37.0 Å². The van der Waals surface area contributed by atoms with Gasteiger partial charge in [0.2, 0.25) is 0 Å². The number of likely N-dealkylation sites (tertiary alicyclic amines) is 1. The first kappa shape index (κ1) is 19.2. The normalized spacial score (nSPS) is 21.5. The van der Waals surface area contributed by atoms with Gasteiger partial charge in [-0.15, -0.1) is 0 Å². The van der Waals surface area contributed by atoms with Gasteiger partial charge in [-0.3, -0.25) is 9.59 Å². The highest BCUT2D eigenvalue weighted by Gasteiger charge is 2.28. The Balaban J connectivity index is 1.93. The fourth-order valence-electron chi connectivity index (χ4n) is 3.20. The predicted molar refractivity (Wildman–Crippen MR) is 95.6 cm³/mol. The van der Waals surface area contributed by atoms with E-state index in [9.17, 15) is 14.7 Å². The standard InChI is InChI=1S/C19H28N2O4/c1-13-6-4-7-14(2)21(13)18(23)12-25-17-9-5-8-16(10-17)19(24)20-11-15(3)22/h5,8-10,13-15,22H,4,6-7,11-12H2,1-3H3,(H,20,24). The van der Waals surface area contributed by atoms with Gasteiger partial charge in [0.1, 0.15) is 5.75 Å². The van der Waals surface area contributed by atoms with Crippen LogP contribution in [0, 0.1) is 0 Å². The minimum atomic E-state index is -0.602. The molecule has 2 rings (SSSR count). The summed E-state index contributed by atoms with van der Waals surface area (Å²) < 4.78 is 5.61. The zero-order valence-electron chi connectivity index (χ0n) is 15.2. The minimum Gasteiger partial charge on any atom is -0.484 e. The molecule has 1 fully saturated rings. The van der Waals surface area contributed by atoms with E-state index in [4.69, 9.17) is 4.74 Å². The van der Waals surface area contributed by atoms with E-state index in [1.165, 1.54) is 0 Å². The summed E-state index contributed by atoms with van der Waals surface area (Å²) >= 11 is 0. The Bertz CT molecular complexity index is 593. The molecule has 1 aliphatic rings. The largest absolute Gasteiger partial charge is 0.484 e. The molecule has 1 aliphatic heterocycles. The highest BCUT2D eigenvalue weighted by molar-refractivity contribution is 5.94. The lowest BCUT2D eigenvalue weighted by Crippen LogP contribution is -2.49. The maximum atomic E-state index is 12.5. The van der Waals surface area contributed by atoms with Gasteiger partial charge in [0.25, 0.3) is 11.8 Å². The van der Waals surface area contributed by atoms with Crippen molar-refractivity contribution in [1.29, 1.82) is 0 Å². The van der Waals surface area contributed by atoms with E-state index >= 15 is 0 Å². The van der Waals surface area contributed by atoms with Crippen LogP contribution in [0.25, 0.3) is 0 Å². The smallest absolute Gasteiger partial charge is 0.260 e. The second-order valence-electron chi connectivity index (χ2n) is 6.81. The molecule has 25 heavy (non-hydrogen) atoms. The van der Waals surface area contributed by atoms with Crippen molar-refractivity contribution in [3.63, 3.8) is 0 Å². The van der Waals surface area contributed by atoms with Crippen molar-refractivity contribution in [2.45, 2.75) is 58.2 Å². The summed E-state index contributed by atoms with van der Waals surface area (Å²) in [5.41, 5.74) is 0.435. The number of carbonyl (C=O) groups is 2. The molecule has 1 aromatic rings. The van der Waals surface area contributed by atoms with Gasteiger partial charge in [-0.1, -0.05) is 6.07 Å². The third kappa shape index (κ3) is 5.46. The van der Waals surface area contributed by atoms with Gasteiger partial charge in [-0.05, 0) is 58.2 Å². The van der Waals surface area contributed by atoms with Crippen molar-refractivity contribution in [1.82, 2.24) is 10.2 Å². The molecule has 0 aromatic heterocycles. The van der Waals surface area contributed by atoms with Crippen LogP contribution in [0.2, 0.25) is 0 Å². The Morgan fingerprint density at radius 2 is 2.00 bits per heavy atom. The Labute approximate surface area is 149 Å². The molecular formula is C19H28N2O4. The van der Waals surface area contributed by atoms with E-state index in [0.29, 0.717) is 11.3 Å². The molecule has 3 unspecified atom stereocenters. The molecule has 0 aliphatic carbocycles. The molecule has 1 heterocycles. The monoisotopic (exact) mass is 348 g/mol. The van der Waals surface area contributed by atoms with E-state index in [1.807, 2.05) is 4.90 Å². The molecule has 6 heteroatoms. The van der Waals surface area contributed by atoms with Gasteiger partial charge in [-0.25, -0.2) is 0 Å².